The predicted octanol–water partition coefficient (Wildman–Crippen LogP) is 2.56. The highest BCUT2D eigenvalue weighted by Gasteiger charge is 2.47. The molecule has 2 aromatic rings. The number of hydrogen-bond donors (Lipinski definition) is 3. The van der Waals surface area contributed by atoms with E-state index in [2.05, 4.69) is 25.2 Å². The van der Waals surface area contributed by atoms with E-state index >= 15 is 0 Å². The van der Waals surface area contributed by atoms with Crippen molar-refractivity contribution in [3.05, 3.63) is 42.5 Å². The molecule has 4 rings (SSSR count). The maximum absolute atomic E-state index is 12.1. The first kappa shape index (κ1) is 33.0. The van der Waals surface area contributed by atoms with E-state index in [1.807, 2.05) is 6.07 Å². The smallest absolute Gasteiger partial charge is 0.481 e. The van der Waals surface area contributed by atoms with Gasteiger partial charge in [-0.1, -0.05) is 0 Å². The van der Waals surface area contributed by atoms with Crippen LogP contribution in [0.3, 0.4) is 0 Å². The fourth-order valence-corrected chi connectivity index (χ4v) is 3.60. The number of amides is 1. The van der Waals surface area contributed by atoms with E-state index in [0.717, 1.165) is 31.7 Å². The molecular formula is C23H25F6N5O7. The van der Waals surface area contributed by atoms with Gasteiger partial charge in [0.25, 0.3) is 5.91 Å². The van der Waals surface area contributed by atoms with Crippen LogP contribution in [0.5, 0.6) is 5.88 Å². The Morgan fingerprint density at radius 3 is 2.10 bits per heavy atom. The Bertz CT molecular complexity index is 1140. The molecule has 2 aromatic heterocycles. The van der Waals surface area contributed by atoms with E-state index in [9.17, 15) is 31.1 Å². The van der Waals surface area contributed by atoms with Crippen LogP contribution < -0.4 is 15.0 Å². The van der Waals surface area contributed by atoms with Gasteiger partial charge in [0.1, 0.15) is 17.7 Å². The predicted molar refractivity (Wildman–Crippen MR) is 126 cm³/mol. The van der Waals surface area contributed by atoms with E-state index in [1.54, 1.807) is 31.6 Å². The lowest BCUT2D eigenvalue weighted by Crippen LogP contribution is -2.65. The standard InChI is InChI=1S/C19H23N5O3.2C2HF3O2/c1-26-17-8-16(22-13-23-17)24-11-19(12-24)5-2-14(10-27-19)9-21-18(25)15-3-6-20-7-4-15;2*3-2(4,5)1(6)7/h3-4,6-8,13-14H,2,5,9-12H2,1H3,(H,21,25);2*(H,6,7). The zero-order chi connectivity index (χ0) is 30.8. The molecule has 2 aliphatic heterocycles. The molecule has 4 heterocycles. The zero-order valence-electron chi connectivity index (χ0n) is 21.3. The Morgan fingerprint density at radius 1 is 1.07 bits per heavy atom. The molecule has 1 amide bonds. The van der Waals surface area contributed by atoms with E-state index in [0.29, 0.717) is 30.5 Å². The Kier molecular flexibility index (Phi) is 11.2. The van der Waals surface area contributed by atoms with E-state index in [4.69, 9.17) is 29.3 Å². The average molecular weight is 597 g/mol. The van der Waals surface area contributed by atoms with Crippen LogP contribution in [0.25, 0.3) is 0 Å². The molecule has 0 aliphatic carbocycles. The maximum Gasteiger partial charge on any atom is 0.490 e. The van der Waals surface area contributed by atoms with Gasteiger partial charge in [0.05, 0.1) is 26.8 Å². The van der Waals surface area contributed by atoms with Crippen molar-refractivity contribution < 1.29 is 60.4 Å². The first-order valence-corrected chi connectivity index (χ1v) is 11.6. The van der Waals surface area contributed by atoms with Crippen LogP contribution in [0.15, 0.2) is 36.9 Å². The van der Waals surface area contributed by atoms with Crippen LogP contribution in [0.1, 0.15) is 23.2 Å². The molecule has 0 aromatic carbocycles. The van der Waals surface area contributed by atoms with E-state index in [1.165, 1.54) is 6.33 Å². The van der Waals surface area contributed by atoms with Gasteiger partial charge in [0, 0.05) is 30.6 Å². The first-order valence-electron chi connectivity index (χ1n) is 11.6. The third-order valence-electron chi connectivity index (χ3n) is 5.73. The summed E-state index contributed by atoms with van der Waals surface area (Å²) in [7, 11) is 1.60. The summed E-state index contributed by atoms with van der Waals surface area (Å²) >= 11 is 0. The minimum Gasteiger partial charge on any atom is -0.481 e. The first-order chi connectivity index (χ1) is 19.1. The summed E-state index contributed by atoms with van der Waals surface area (Å²) in [5, 5.41) is 17.2. The number of carbonyl (C=O) groups excluding carboxylic acids is 1. The fraction of sp³-hybridized carbons (Fsp3) is 0.478. The lowest BCUT2D eigenvalue weighted by molar-refractivity contribution is -0.193. The zero-order valence-corrected chi connectivity index (χ0v) is 21.3. The van der Waals surface area contributed by atoms with Gasteiger partial charge < -0.3 is 29.9 Å². The molecule has 1 atom stereocenters. The van der Waals surface area contributed by atoms with Crippen LogP contribution in [0, 0.1) is 5.92 Å². The van der Waals surface area contributed by atoms with Crippen LogP contribution in [-0.4, -0.2) is 94.3 Å². The largest absolute Gasteiger partial charge is 0.490 e. The van der Waals surface area contributed by atoms with Crippen LogP contribution in [0.2, 0.25) is 0 Å². The monoisotopic (exact) mass is 597 g/mol. The molecule has 0 bridgehead atoms. The minimum atomic E-state index is -5.08. The van der Waals surface area contributed by atoms with Crippen LogP contribution >= 0.6 is 0 Å². The number of halogens is 6. The highest BCUT2D eigenvalue weighted by molar-refractivity contribution is 5.93. The molecule has 12 nitrogen and oxygen atoms in total. The minimum absolute atomic E-state index is 0.0646. The Hall–Kier alpha value is -4.22. The fourth-order valence-electron chi connectivity index (χ4n) is 3.60. The third-order valence-corrected chi connectivity index (χ3v) is 5.73. The van der Waals surface area contributed by atoms with Crippen molar-refractivity contribution >= 4 is 23.7 Å². The number of aromatic nitrogens is 3. The maximum atomic E-state index is 12.1. The van der Waals surface area contributed by atoms with Gasteiger partial charge in [-0.2, -0.15) is 26.3 Å². The molecule has 1 spiro atoms. The Morgan fingerprint density at radius 2 is 1.63 bits per heavy atom. The SMILES string of the molecule is COc1cc(N2CC3(CCC(CNC(=O)c4ccncc4)CO3)C2)ncn1.O=C(O)C(F)(F)F.O=C(O)C(F)(F)F. The van der Waals surface area contributed by atoms with Crippen molar-refractivity contribution in [1.82, 2.24) is 20.3 Å². The molecule has 2 fully saturated rings. The molecule has 1 unspecified atom stereocenters. The van der Waals surface area contributed by atoms with Crippen molar-refractivity contribution in [2.24, 2.45) is 5.92 Å². The van der Waals surface area contributed by atoms with Crippen LogP contribution in [0.4, 0.5) is 32.2 Å². The summed E-state index contributed by atoms with van der Waals surface area (Å²) in [5.41, 5.74) is 0.539. The van der Waals surface area contributed by atoms with Gasteiger partial charge in [-0.25, -0.2) is 19.6 Å². The van der Waals surface area contributed by atoms with Gasteiger partial charge in [-0.05, 0) is 30.9 Å². The van der Waals surface area contributed by atoms with Gasteiger partial charge in [-0.15, -0.1) is 0 Å². The lowest BCUT2D eigenvalue weighted by Gasteiger charge is -2.53. The second-order valence-electron chi connectivity index (χ2n) is 8.73. The molecule has 41 heavy (non-hydrogen) atoms. The molecule has 226 valence electrons. The Labute approximate surface area is 228 Å². The molecule has 3 N–H and O–H groups in total. The average Bonchev–Trinajstić information content (AvgIpc) is 2.91. The highest BCUT2D eigenvalue weighted by atomic mass is 19.4. The molecule has 0 saturated carbocycles. The number of carbonyl (C=O) groups is 3. The van der Waals surface area contributed by atoms with Crippen molar-refractivity contribution in [3.63, 3.8) is 0 Å². The number of hydrogen-bond acceptors (Lipinski definition) is 9. The van der Waals surface area contributed by atoms with E-state index in [-0.39, 0.29) is 11.5 Å². The van der Waals surface area contributed by atoms with Gasteiger partial charge in [-0.3, -0.25) is 9.78 Å². The molecule has 2 saturated heterocycles. The number of nitrogens with one attached hydrogen (secondary N) is 1. The molecule has 2 aliphatic rings. The molecule has 0 radical (unpaired) electrons. The van der Waals surface area contributed by atoms with Gasteiger partial charge in [0.15, 0.2) is 0 Å². The van der Waals surface area contributed by atoms with Crippen molar-refractivity contribution in [3.8, 4) is 5.88 Å². The topological polar surface area (TPSA) is 164 Å². The number of pyridine rings is 1. The summed E-state index contributed by atoms with van der Waals surface area (Å²) in [4.78, 5) is 44.4. The number of anilines is 1. The summed E-state index contributed by atoms with van der Waals surface area (Å²) in [6.45, 7) is 2.94. The summed E-state index contributed by atoms with van der Waals surface area (Å²) in [5.74, 6) is -3.81. The highest BCUT2D eigenvalue weighted by Crippen LogP contribution is 2.38. The normalized spacial score (nSPS) is 17.5. The summed E-state index contributed by atoms with van der Waals surface area (Å²) in [6.07, 6.45) is -3.38. The number of rotatable bonds is 5. The number of carboxylic acids is 2. The van der Waals surface area contributed by atoms with Crippen molar-refractivity contribution in [2.75, 3.05) is 38.3 Å². The Balaban J connectivity index is 0.000000349. The third kappa shape index (κ3) is 10.4. The quantitative estimate of drug-likeness (QED) is 0.434. The number of aliphatic carboxylic acids is 2. The second kappa shape index (κ2) is 13.9. The number of methoxy groups -OCH3 is 1. The molecular weight excluding hydrogens is 572 g/mol. The number of nitrogens with zero attached hydrogens (tertiary/aromatic N) is 4. The number of carboxylic acid groups (broad SMARTS) is 2. The number of alkyl halides is 6. The lowest BCUT2D eigenvalue weighted by atomic mass is 9.83. The van der Waals surface area contributed by atoms with Crippen LogP contribution in [-0.2, 0) is 14.3 Å². The summed E-state index contributed by atoms with van der Waals surface area (Å²) < 4.78 is 74.8. The summed E-state index contributed by atoms with van der Waals surface area (Å²) in [6, 6.07) is 5.27. The van der Waals surface area contributed by atoms with Crippen molar-refractivity contribution in [2.45, 2.75) is 30.8 Å². The number of ether oxygens (including phenoxy) is 2. The molecule has 18 heteroatoms. The second-order valence-corrected chi connectivity index (χ2v) is 8.73. The van der Waals surface area contributed by atoms with Gasteiger partial charge in [0.2, 0.25) is 5.88 Å². The van der Waals surface area contributed by atoms with E-state index < -0.39 is 24.3 Å². The van der Waals surface area contributed by atoms with Crippen molar-refractivity contribution in [1.29, 1.82) is 0 Å². The van der Waals surface area contributed by atoms with Gasteiger partial charge >= 0.3 is 24.3 Å².